The monoisotopic (exact) mass is 584 g/mol. The summed E-state index contributed by atoms with van der Waals surface area (Å²) in [6.45, 7) is 4.78. The van der Waals surface area contributed by atoms with Crippen LogP contribution in [-0.4, -0.2) is 11.3 Å². The second-order valence-electron chi connectivity index (χ2n) is 11.5. The molecule has 4 aromatic rings. The first-order valence-electron chi connectivity index (χ1n) is 15.3. The molecule has 0 spiro atoms. The summed E-state index contributed by atoms with van der Waals surface area (Å²) in [4.78, 5) is 3.03. The molecular weight excluding hydrogens is 542 g/mol. The van der Waals surface area contributed by atoms with Gasteiger partial charge < -0.3 is 4.52 Å². The van der Waals surface area contributed by atoms with Crippen molar-refractivity contribution in [2.75, 3.05) is 0 Å². The van der Waals surface area contributed by atoms with Gasteiger partial charge in [0.25, 0.3) is 0 Å². The lowest BCUT2D eigenvalue weighted by atomic mass is 9.99. The average Bonchev–Trinajstić information content (AvgIpc) is 3.30. The van der Waals surface area contributed by atoms with Crippen LogP contribution in [0.15, 0.2) is 84.9 Å². The zero-order chi connectivity index (χ0) is 27.3. The minimum Gasteiger partial charge on any atom is -0.464 e. The van der Waals surface area contributed by atoms with E-state index in [0.717, 1.165) is 17.1 Å². The number of hydrogen-bond donors (Lipinski definition) is 0. The molecule has 2 aliphatic rings. The number of para-hydroxylation sites is 1. The Morgan fingerprint density at radius 1 is 0.600 bits per heavy atom. The summed E-state index contributed by atoms with van der Waals surface area (Å²) in [6.07, 6.45) is 14.3. The lowest BCUT2D eigenvalue weighted by Gasteiger charge is -2.39. The molecule has 0 aliphatic heterocycles. The summed E-state index contributed by atoms with van der Waals surface area (Å²) < 4.78 is 7.14. The minimum absolute atomic E-state index is 0.197. The van der Waals surface area contributed by atoms with Crippen molar-refractivity contribution in [3.8, 4) is 16.9 Å². The van der Waals surface area contributed by atoms with E-state index < -0.39 is 8.15 Å². The summed E-state index contributed by atoms with van der Waals surface area (Å²) in [5.74, 6) is 1.03. The normalized spacial score (nSPS) is 17.0. The summed E-state index contributed by atoms with van der Waals surface area (Å²) in [6, 6.07) is 30.5. The quantitative estimate of drug-likeness (QED) is 0.187. The van der Waals surface area contributed by atoms with E-state index in [0.29, 0.717) is 0 Å². The predicted molar refractivity (Wildman–Crippen MR) is 179 cm³/mol. The Bertz CT molecular complexity index is 1310. The third-order valence-electron chi connectivity index (χ3n) is 8.75. The Balaban J connectivity index is 1.45. The van der Waals surface area contributed by atoms with Crippen molar-refractivity contribution >= 4 is 43.3 Å². The smallest absolute Gasteiger partial charge is 0.150 e. The maximum absolute atomic E-state index is 7.14. The van der Waals surface area contributed by atoms with Crippen LogP contribution in [0.5, 0.6) is 5.75 Å². The molecule has 1 nitrogen and oxygen atoms in total. The van der Waals surface area contributed by atoms with Crippen molar-refractivity contribution in [1.29, 1.82) is 0 Å². The van der Waals surface area contributed by atoms with Crippen molar-refractivity contribution in [3.63, 3.8) is 0 Å². The molecule has 2 aliphatic carbocycles. The van der Waals surface area contributed by atoms with Gasteiger partial charge in [-0.05, 0) is 62.2 Å². The van der Waals surface area contributed by atoms with Gasteiger partial charge in [0, 0.05) is 31.5 Å². The fraction of sp³-hybridized carbons (Fsp3) is 0.389. The molecule has 0 unspecified atom stereocenters. The second-order valence-corrected chi connectivity index (χ2v) is 17.4. The van der Waals surface area contributed by atoms with Crippen LogP contribution >= 0.6 is 27.4 Å². The van der Waals surface area contributed by atoms with Gasteiger partial charge in [-0.3, -0.25) is 0 Å². The molecule has 0 atom stereocenters. The first kappa shape index (κ1) is 28.2. The number of rotatable bonds is 8. The summed E-state index contributed by atoms with van der Waals surface area (Å²) in [7, 11) is -1.17. The zero-order valence-corrected chi connectivity index (χ0v) is 26.6. The van der Waals surface area contributed by atoms with E-state index in [-0.39, 0.29) is 7.92 Å². The van der Waals surface area contributed by atoms with Gasteiger partial charge in [0.2, 0.25) is 0 Å². The first-order valence-corrected chi connectivity index (χ1v) is 18.8. The molecule has 1 heterocycles. The third kappa shape index (κ3) is 6.11. The number of aryl methyl sites for hydroxylation is 2. The van der Waals surface area contributed by atoms with Gasteiger partial charge >= 0.3 is 0 Å². The Labute approximate surface area is 248 Å². The van der Waals surface area contributed by atoms with Crippen molar-refractivity contribution < 1.29 is 4.52 Å². The molecule has 0 N–H and O–H groups in total. The molecule has 0 amide bonds. The topological polar surface area (TPSA) is 9.23 Å². The first-order chi connectivity index (χ1) is 19.7. The fourth-order valence-electron chi connectivity index (χ4n) is 6.91. The SMILES string of the molecule is Cc1sc(C)c(P(C2CCCCC2)C2CCCCC2)c1-c1ccccc1OP(c1ccccc1)c1ccccc1. The van der Waals surface area contributed by atoms with Crippen LogP contribution in [0.2, 0.25) is 0 Å². The van der Waals surface area contributed by atoms with Gasteiger partial charge in [-0.2, -0.15) is 0 Å². The van der Waals surface area contributed by atoms with Crippen LogP contribution in [0.3, 0.4) is 0 Å². The largest absolute Gasteiger partial charge is 0.464 e. The Kier molecular flexibility index (Phi) is 9.38. The molecule has 0 saturated heterocycles. The Morgan fingerprint density at radius 3 is 1.65 bits per heavy atom. The molecule has 2 saturated carbocycles. The van der Waals surface area contributed by atoms with Gasteiger partial charge in [0.1, 0.15) is 5.75 Å². The van der Waals surface area contributed by atoms with E-state index >= 15 is 0 Å². The van der Waals surface area contributed by atoms with Gasteiger partial charge in [0.05, 0.1) is 0 Å². The average molecular weight is 585 g/mol. The van der Waals surface area contributed by atoms with E-state index in [4.69, 9.17) is 4.52 Å². The standard InChI is InChI=1S/C36H42OP2S/c1-27-35(36(28(2)40-27)38(29-17-7-3-8-18-29)30-19-9-4-10-20-30)33-25-15-16-26-34(33)37-39(31-21-11-5-12-22-31)32-23-13-6-14-24-32/h5-6,11-16,21-26,29-30H,3-4,7-10,17-20H2,1-2H3. The van der Waals surface area contributed by atoms with Crippen LogP contribution in [-0.2, 0) is 0 Å². The maximum atomic E-state index is 7.14. The highest BCUT2D eigenvalue weighted by atomic mass is 32.1. The summed E-state index contributed by atoms with van der Waals surface area (Å²) in [5.41, 5.74) is 4.59. The third-order valence-corrected chi connectivity index (χ3v) is 15.5. The van der Waals surface area contributed by atoms with Crippen LogP contribution in [0.1, 0.15) is 74.0 Å². The molecular formula is C36H42OP2S. The van der Waals surface area contributed by atoms with E-state index in [9.17, 15) is 0 Å². The van der Waals surface area contributed by atoms with Crippen molar-refractivity contribution in [2.24, 2.45) is 0 Å². The Morgan fingerprint density at radius 2 is 1.10 bits per heavy atom. The zero-order valence-electron chi connectivity index (χ0n) is 24.0. The maximum Gasteiger partial charge on any atom is 0.150 e. The molecule has 208 valence electrons. The van der Waals surface area contributed by atoms with Gasteiger partial charge in [0.15, 0.2) is 8.15 Å². The Hall–Kier alpha value is -1.98. The number of benzene rings is 3. The summed E-state index contributed by atoms with van der Waals surface area (Å²) in [5, 5.41) is 4.24. The molecule has 0 radical (unpaired) electrons. The van der Waals surface area contributed by atoms with Crippen LogP contribution < -0.4 is 20.4 Å². The fourth-order valence-corrected chi connectivity index (χ4v) is 14.2. The molecule has 4 heteroatoms. The highest BCUT2D eigenvalue weighted by Gasteiger charge is 2.36. The highest BCUT2D eigenvalue weighted by Crippen LogP contribution is 2.58. The molecule has 6 rings (SSSR count). The van der Waals surface area contributed by atoms with Crippen molar-refractivity contribution in [2.45, 2.75) is 89.4 Å². The molecule has 2 fully saturated rings. The number of hydrogen-bond acceptors (Lipinski definition) is 2. The molecule has 3 aromatic carbocycles. The van der Waals surface area contributed by atoms with Crippen LogP contribution in [0.25, 0.3) is 11.1 Å². The van der Waals surface area contributed by atoms with E-state index in [1.807, 2.05) is 11.3 Å². The lowest BCUT2D eigenvalue weighted by molar-refractivity contribution is 0.487. The van der Waals surface area contributed by atoms with E-state index in [2.05, 4.69) is 98.8 Å². The predicted octanol–water partition coefficient (Wildman–Crippen LogP) is 10.2. The van der Waals surface area contributed by atoms with Gasteiger partial charge in [-0.25, -0.2) is 0 Å². The highest BCUT2D eigenvalue weighted by molar-refractivity contribution is 7.69. The van der Waals surface area contributed by atoms with E-state index in [1.54, 1.807) is 10.2 Å². The second kappa shape index (κ2) is 13.3. The van der Waals surface area contributed by atoms with Crippen molar-refractivity contribution in [3.05, 3.63) is 94.7 Å². The van der Waals surface area contributed by atoms with Crippen molar-refractivity contribution in [1.82, 2.24) is 0 Å². The number of thiophene rings is 1. The molecule has 1 aromatic heterocycles. The minimum atomic E-state index is -0.977. The van der Waals surface area contributed by atoms with Crippen LogP contribution in [0.4, 0.5) is 0 Å². The molecule has 40 heavy (non-hydrogen) atoms. The lowest BCUT2D eigenvalue weighted by Crippen LogP contribution is -2.27. The molecule has 0 bridgehead atoms. The van der Waals surface area contributed by atoms with Gasteiger partial charge in [-0.1, -0.05) is 125 Å². The summed E-state index contributed by atoms with van der Waals surface area (Å²) >= 11 is 2.03. The van der Waals surface area contributed by atoms with E-state index in [1.165, 1.54) is 90.8 Å². The van der Waals surface area contributed by atoms with Crippen LogP contribution in [0, 0.1) is 13.8 Å². The van der Waals surface area contributed by atoms with Gasteiger partial charge in [-0.15, -0.1) is 11.3 Å².